The van der Waals surface area contributed by atoms with Crippen LogP contribution in [0.1, 0.15) is 56.4 Å². The molecule has 1 aromatic rings. The fourth-order valence-corrected chi connectivity index (χ4v) is 3.61. The molecule has 0 radical (unpaired) electrons. The smallest absolute Gasteiger partial charge is 0.410 e. The third kappa shape index (κ3) is 5.03. The maximum Gasteiger partial charge on any atom is 0.410 e. The average Bonchev–Trinajstić information content (AvgIpc) is 2.77. The van der Waals surface area contributed by atoms with E-state index in [1.165, 1.54) is 15.3 Å². The lowest BCUT2D eigenvalue weighted by Crippen LogP contribution is -2.43. The molecule has 0 aromatic carbocycles. The highest BCUT2D eigenvalue weighted by Gasteiger charge is 2.29. The molecule has 1 unspecified atom stereocenters. The molecule has 0 N–H and O–H groups in total. The lowest BCUT2D eigenvalue weighted by Gasteiger charge is -2.32. The van der Waals surface area contributed by atoms with Crippen LogP contribution < -0.4 is 0 Å². The topological polar surface area (TPSA) is 29.5 Å². The lowest BCUT2D eigenvalue weighted by molar-refractivity contribution is 0.0211. The Hall–Kier alpha value is -1.03. The van der Waals surface area contributed by atoms with E-state index in [1.807, 2.05) is 53.0 Å². The van der Waals surface area contributed by atoms with Crippen LogP contribution in [0.5, 0.6) is 0 Å². The summed E-state index contributed by atoms with van der Waals surface area (Å²) in [6.45, 7) is 11.9. The minimum atomic E-state index is -0.426. The first-order valence-electron chi connectivity index (χ1n) is 7.80. The van der Waals surface area contributed by atoms with Crippen molar-refractivity contribution < 1.29 is 9.53 Å². The van der Waals surface area contributed by atoms with Gasteiger partial charge >= 0.3 is 6.09 Å². The summed E-state index contributed by atoms with van der Waals surface area (Å²) >= 11 is 1.86. The highest BCUT2D eigenvalue weighted by molar-refractivity contribution is 7.12. The van der Waals surface area contributed by atoms with E-state index in [1.54, 1.807) is 4.90 Å². The van der Waals surface area contributed by atoms with Crippen molar-refractivity contribution in [3.05, 3.63) is 21.4 Å². The molecule has 4 heteroatoms. The third-order valence-electron chi connectivity index (χ3n) is 3.42. The Bertz CT molecular complexity index is 474. The Labute approximate surface area is 133 Å². The molecule has 1 aromatic heterocycles. The molecule has 1 aliphatic rings. The molecule has 120 valence electrons. The Kier molecular flexibility index (Phi) is 6.26. The van der Waals surface area contributed by atoms with Crippen LogP contribution in [0.15, 0.2) is 6.07 Å². The predicted molar refractivity (Wildman–Crippen MR) is 90.2 cm³/mol. The fraction of sp³-hybridized carbons (Fsp3) is 0.706. The largest absolute Gasteiger partial charge is 0.444 e. The molecular weight excluding hydrogens is 282 g/mol. The highest BCUT2D eigenvalue weighted by Crippen LogP contribution is 2.31. The summed E-state index contributed by atoms with van der Waals surface area (Å²) in [7, 11) is 1.85. The second-order valence-corrected chi connectivity index (χ2v) is 7.63. The molecule has 1 amide bonds. The van der Waals surface area contributed by atoms with Gasteiger partial charge in [-0.3, -0.25) is 0 Å². The van der Waals surface area contributed by atoms with Crippen molar-refractivity contribution in [2.45, 2.75) is 72.4 Å². The quantitative estimate of drug-likeness (QED) is 0.745. The summed E-state index contributed by atoms with van der Waals surface area (Å²) in [6.07, 6.45) is 2.84. The van der Waals surface area contributed by atoms with Crippen molar-refractivity contribution in [1.29, 1.82) is 0 Å². The number of fused-ring (bicyclic) bond motifs is 1. The van der Waals surface area contributed by atoms with E-state index in [-0.39, 0.29) is 12.1 Å². The van der Waals surface area contributed by atoms with Gasteiger partial charge < -0.3 is 9.64 Å². The molecule has 0 bridgehead atoms. The Morgan fingerprint density at radius 3 is 2.57 bits per heavy atom. The monoisotopic (exact) mass is 311 g/mol. The van der Waals surface area contributed by atoms with Gasteiger partial charge in [0.05, 0.1) is 0 Å². The second kappa shape index (κ2) is 7.30. The number of hydrogen-bond donors (Lipinski definition) is 0. The first kappa shape index (κ1) is 18.0. The van der Waals surface area contributed by atoms with E-state index in [0.717, 1.165) is 19.3 Å². The molecule has 3 nitrogen and oxygen atoms in total. The number of likely N-dealkylation sites (N-methyl/N-ethyl adjacent to an activating group) is 1. The molecule has 0 fully saturated rings. The SMILES string of the molecule is CC.Cc1cc2c(s1)CC(N(C)C(=O)OC(C)(C)C)CC2. The molecule has 0 spiro atoms. The van der Waals surface area contributed by atoms with E-state index in [4.69, 9.17) is 4.74 Å². The van der Waals surface area contributed by atoms with Crippen LogP contribution in [0.3, 0.4) is 0 Å². The molecule has 1 atom stereocenters. The van der Waals surface area contributed by atoms with E-state index >= 15 is 0 Å². The maximum absolute atomic E-state index is 12.1. The zero-order valence-corrected chi connectivity index (χ0v) is 15.3. The van der Waals surface area contributed by atoms with Crippen LogP contribution in [-0.4, -0.2) is 29.7 Å². The Morgan fingerprint density at radius 1 is 1.38 bits per heavy atom. The molecular formula is C17H29NO2S. The summed E-state index contributed by atoms with van der Waals surface area (Å²) in [6, 6.07) is 2.55. The van der Waals surface area contributed by atoms with Crippen LogP contribution in [0.25, 0.3) is 0 Å². The van der Waals surface area contributed by atoms with Crippen LogP contribution in [-0.2, 0) is 17.6 Å². The normalized spacial score (nSPS) is 17.4. The third-order valence-corrected chi connectivity index (χ3v) is 4.53. The Morgan fingerprint density at radius 2 is 2.00 bits per heavy atom. The summed E-state index contributed by atoms with van der Waals surface area (Å²) in [5.41, 5.74) is 1.04. The van der Waals surface area contributed by atoms with Gasteiger partial charge in [-0.15, -0.1) is 11.3 Å². The number of rotatable bonds is 1. The number of hydrogen-bond acceptors (Lipinski definition) is 3. The van der Waals surface area contributed by atoms with Gasteiger partial charge in [-0.1, -0.05) is 13.8 Å². The summed E-state index contributed by atoms with van der Waals surface area (Å²) < 4.78 is 5.44. The second-order valence-electron chi connectivity index (χ2n) is 6.29. The molecule has 1 aliphatic carbocycles. The summed E-state index contributed by atoms with van der Waals surface area (Å²) in [5.74, 6) is 0. The molecule has 21 heavy (non-hydrogen) atoms. The minimum Gasteiger partial charge on any atom is -0.444 e. The van der Waals surface area contributed by atoms with Crippen LogP contribution in [0.2, 0.25) is 0 Å². The van der Waals surface area contributed by atoms with Gasteiger partial charge in [0.1, 0.15) is 5.60 Å². The number of amides is 1. The first-order valence-corrected chi connectivity index (χ1v) is 8.62. The number of aryl methyl sites for hydroxylation is 2. The predicted octanol–water partition coefficient (Wildman–Crippen LogP) is 4.81. The van der Waals surface area contributed by atoms with Crippen LogP contribution in [0, 0.1) is 6.92 Å². The van der Waals surface area contributed by atoms with Crippen molar-refractivity contribution in [1.82, 2.24) is 4.90 Å². The van der Waals surface area contributed by atoms with E-state index < -0.39 is 5.60 Å². The maximum atomic E-state index is 12.1. The Balaban J connectivity index is 0.00000106. The summed E-state index contributed by atoms with van der Waals surface area (Å²) in [4.78, 5) is 16.7. The molecule has 0 saturated heterocycles. The molecule has 0 aliphatic heterocycles. The van der Waals surface area contributed by atoms with Gasteiger partial charge in [0.2, 0.25) is 0 Å². The lowest BCUT2D eigenvalue weighted by atomic mass is 9.94. The van der Waals surface area contributed by atoms with Crippen molar-refractivity contribution in [2.75, 3.05) is 7.05 Å². The van der Waals surface area contributed by atoms with Gasteiger partial charge in [-0.05, 0) is 52.2 Å². The number of nitrogens with zero attached hydrogens (tertiary/aromatic N) is 1. The van der Waals surface area contributed by atoms with E-state index in [2.05, 4.69) is 13.0 Å². The minimum absolute atomic E-state index is 0.214. The number of thiophene rings is 1. The van der Waals surface area contributed by atoms with Crippen molar-refractivity contribution in [2.24, 2.45) is 0 Å². The molecule has 0 saturated carbocycles. The summed E-state index contributed by atoms with van der Waals surface area (Å²) in [5, 5.41) is 0. The van der Waals surface area contributed by atoms with Gasteiger partial charge in [-0.25, -0.2) is 4.79 Å². The van der Waals surface area contributed by atoms with Gasteiger partial charge in [0.15, 0.2) is 0 Å². The van der Waals surface area contributed by atoms with Gasteiger partial charge in [0.25, 0.3) is 0 Å². The van der Waals surface area contributed by atoms with Gasteiger partial charge in [-0.2, -0.15) is 0 Å². The van der Waals surface area contributed by atoms with Crippen LogP contribution in [0.4, 0.5) is 4.79 Å². The van der Waals surface area contributed by atoms with E-state index in [9.17, 15) is 4.79 Å². The number of ether oxygens (including phenoxy) is 1. The highest BCUT2D eigenvalue weighted by atomic mass is 32.1. The number of carbonyl (C=O) groups is 1. The van der Waals surface area contributed by atoms with Crippen molar-refractivity contribution in [3.8, 4) is 0 Å². The van der Waals surface area contributed by atoms with E-state index in [0.29, 0.717) is 0 Å². The van der Waals surface area contributed by atoms with Crippen LogP contribution >= 0.6 is 11.3 Å². The average molecular weight is 311 g/mol. The zero-order chi connectivity index (χ0) is 16.2. The van der Waals surface area contributed by atoms with Crippen molar-refractivity contribution >= 4 is 17.4 Å². The molecule has 1 heterocycles. The fourth-order valence-electron chi connectivity index (χ4n) is 2.45. The zero-order valence-electron chi connectivity index (χ0n) is 14.4. The van der Waals surface area contributed by atoms with Gasteiger partial charge in [0, 0.05) is 29.3 Å². The van der Waals surface area contributed by atoms with Crippen molar-refractivity contribution in [3.63, 3.8) is 0 Å². The number of carbonyl (C=O) groups excluding carboxylic acids is 1. The molecule has 2 rings (SSSR count). The first-order chi connectivity index (χ1) is 9.76. The standard InChI is InChI=1S/C15H23NO2S.C2H6/c1-10-8-11-6-7-12(9-13(11)19-10)16(5)14(17)18-15(2,3)4;1-2/h8,12H,6-7,9H2,1-5H3;1-2H3.